The van der Waals surface area contributed by atoms with Crippen LogP contribution in [0.4, 0.5) is 0 Å². The van der Waals surface area contributed by atoms with Gasteiger partial charge in [0, 0.05) is 16.5 Å². The number of hydrogen-bond acceptors (Lipinski definition) is 7. The molecule has 1 aliphatic rings. The van der Waals surface area contributed by atoms with E-state index in [-0.39, 0.29) is 5.91 Å². The highest BCUT2D eigenvalue weighted by molar-refractivity contribution is 6.00. The maximum absolute atomic E-state index is 12.7. The molecular formula is C23H23N3O5. The van der Waals surface area contributed by atoms with Gasteiger partial charge in [-0.15, -0.1) is 0 Å². The van der Waals surface area contributed by atoms with Crippen LogP contribution in [0.1, 0.15) is 17.3 Å². The summed E-state index contributed by atoms with van der Waals surface area (Å²) >= 11 is 0. The number of nitrogens with one attached hydrogen (secondary N) is 2. The van der Waals surface area contributed by atoms with E-state index < -0.39 is 6.17 Å². The Balaban J connectivity index is 1.69. The van der Waals surface area contributed by atoms with Crippen LogP contribution in [0.15, 0.2) is 48.2 Å². The second kappa shape index (κ2) is 8.43. The van der Waals surface area contributed by atoms with Crippen molar-refractivity contribution in [3.05, 3.63) is 59.3 Å². The van der Waals surface area contributed by atoms with Crippen LogP contribution in [0.25, 0.3) is 17.0 Å². The molecule has 1 amide bonds. The quantitative estimate of drug-likeness (QED) is 0.591. The number of nitrogens with zero attached hydrogens (tertiary/aromatic N) is 1. The third kappa shape index (κ3) is 3.79. The summed E-state index contributed by atoms with van der Waals surface area (Å²) in [4.78, 5) is 17.2. The molecule has 1 saturated heterocycles. The van der Waals surface area contributed by atoms with E-state index in [0.717, 1.165) is 16.5 Å². The van der Waals surface area contributed by atoms with Crippen LogP contribution in [-0.4, -0.2) is 39.3 Å². The number of aromatic nitrogens is 1. The van der Waals surface area contributed by atoms with Gasteiger partial charge in [-0.05, 0) is 30.3 Å². The summed E-state index contributed by atoms with van der Waals surface area (Å²) in [6, 6.07) is 13.3. The summed E-state index contributed by atoms with van der Waals surface area (Å²) in [5.41, 5.74) is 2.68. The number of amides is 1. The predicted octanol–water partition coefficient (Wildman–Crippen LogP) is 3.03. The first-order valence-corrected chi connectivity index (χ1v) is 9.60. The lowest BCUT2D eigenvalue weighted by Crippen LogP contribution is -2.22. The van der Waals surface area contributed by atoms with Gasteiger partial charge in [0.1, 0.15) is 11.9 Å². The van der Waals surface area contributed by atoms with Gasteiger partial charge in [-0.3, -0.25) is 4.79 Å². The Hall–Kier alpha value is -3.94. The van der Waals surface area contributed by atoms with Crippen LogP contribution < -0.4 is 29.6 Å². The summed E-state index contributed by atoms with van der Waals surface area (Å²) in [7, 11) is 6.19. The normalized spacial score (nSPS) is 16.7. The molecule has 0 bridgehead atoms. The zero-order chi connectivity index (χ0) is 22.0. The maximum atomic E-state index is 12.7. The summed E-state index contributed by atoms with van der Waals surface area (Å²) in [5.74, 6) is 1.70. The third-order valence-electron chi connectivity index (χ3n) is 5.05. The van der Waals surface area contributed by atoms with Crippen molar-refractivity contribution in [3.8, 4) is 23.1 Å². The number of ether oxygens (including phenoxy) is 4. The van der Waals surface area contributed by atoms with Crippen molar-refractivity contribution in [2.75, 3.05) is 28.4 Å². The second-order valence-electron chi connectivity index (χ2n) is 6.85. The van der Waals surface area contributed by atoms with Crippen molar-refractivity contribution in [3.63, 3.8) is 0 Å². The average Bonchev–Trinajstić information content (AvgIpc) is 3.17. The Morgan fingerprint density at radius 1 is 0.903 bits per heavy atom. The van der Waals surface area contributed by atoms with Crippen LogP contribution in [0.3, 0.4) is 0 Å². The van der Waals surface area contributed by atoms with Gasteiger partial charge < -0.3 is 29.6 Å². The molecule has 8 nitrogen and oxygen atoms in total. The van der Waals surface area contributed by atoms with E-state index in [0.29, 0.717) is 34.4 Å². The zero-order valence-corrected chi connectivity index (χ0v) is 17.7. The molecule has 160 valence electrons. The van der Waals surface area contributed by atoms with E-state index in [1.807, 2.05) is 30.3 Å². The Labute approximate surface area is 179 Å². The summed E-state index contributed by atoms with van der Waals surface area (Å²) in [6.07, 6.45) is 1.26. The highest BCUT2D eigenvalue weighted by Crippen LogP contribution is 2.40. The third-order valence-corrected chi connectivity index (χ3v) is 5.05. The SMILES string of the molecule is COc1cc(C2NC(=O)/C(=C/c3cc4ccccc4nc3OC)N2)cc(OC)c1OC. The van der Waals surface area contributed by atoms with E-state index in [1.54, 1.807) is 46.6 Å². The van der Waals surface area contributed by atoms with Gasteiger partial charge in [-0.1, -0.05) is 18.2 Å². The van der Waals surface area contributed by atoms with Crippen molar-refractivity contribution >= 4 is 22.9 Å². The number of pyridine rings is 1. The highest BCUT2D eigenvalue weighted by Gasteiger charge is 2.29. The number of rotatable bonds is 6. The molecule has 8 heteroatoms. The maximum Gasteiger partial charge on any atom is 0.269 e. The number of para-hydroxylation sites is 1. The molecule has 2 heterocycles. The van der Waals surface area contributed by atoms with Gasteiger partial charge in [0.05, 0.1) is 34.0 Å². The van der Waals surface area contributed by atoms with Crippen molar-refractivity contribution in [1.82, 2.24) is 15.6 Å². The average molecular weight is 421 g/mol. The van der Waals surface area contributed by atoms with Gasteiger partial charge >= 0.3 is 0 Å². The lowest BCUT2D eigenvalue weighted by atomic mass is 10.1. The first kappa shape index (κ1) is 20.3. The van der Waals surface area contributed by atoms with E-state index in [2.05, 4.69) is 15.6 Å². The van der Waals surface area contributed by atoms with Crippen LogP contribution >= 0.6 is 0 Å². The van der Waals surface area contributed by atoms with Crippen molar-refractivity contribution in [2.45, 2.75) is 6.17 Å². The number of methoxy groups -OCH3 is 4. The highest BCUT2D eigenvalue weighted by atomic mass is 16.5. The fourth-order valence-corrected chi connectivity index (χ4v) is 3.54. The molecule has 2 N–H and O–H groups in total. The number of fused-ring (bicyclic) bond motifs is 1. The van der Waals surface area contributed by atoms with E-state index in [1.165, 1.54) is 0 Å². The Bertz CT molecular complexity index is 1150. The van der Waals surface area contributed by atoms with Crippen LogP contribution in [0, 0.1) is 0 Å². The molecule has 0 aliphatic carbocycles. The van der Waals surface area contributed by atoms with Crippen LogP contribution in [0.2, 0.25) is 0 Å². The van der Waals surface area contributed by atoms with Gasteiger partial charge in [0.25, 0.3) is 5.91 Å². The Morgan fingerprint density at radius 2 is 1.61 bits per heavy atom. The molecule has 0 spiro atoms. The molecular weight excluding hydrogens is 398 g/mol. The van der Waals surface area contributed by atoms with Gasteiger partial charge in [-0.25, -0.2) is 4.98 Å². The standard InChI is InChI=1S/C23H23N3O5/c1-28-18-11-14(12-19(29-2)20(18)30-3)21-24-17(22(27)26-21)10-15-9-13-7-5-6-8-16(13)25-23(15)31-4/h5-12,21,24H,1-4H3,(H,26,27)/b17-10-. The fraction of sp³-hybridized carbons (Fsp3) is 0.217. The molecule has 0 radical (unpaired) electrons. The van der Waals surface area contributed by atoms with E-state index in [4.69, 9.17) is 18.9 Å². The number of carbonyl (C=O) groups excluding carboxylic acids is 1. The van der Waals surface area contributed by atoms with Crippen molar-refractivity contribution in [2.24, 2.45) is 0 Å². The fourth-order valence-electron chi connectivity index (χ4n) is 3.54. The number of benzene rings is 2. The van der Waals surface area contributed by atoms with Gasteiger partial charge in [0.15, 0.2) is 11.5 Å². The molecule has 1 aliphatic heterocycles. The van der Waals surface area contributed by atoms with Crippen molar-refractivity contribution < 1.29 is 23.7 Å². The minimum Gasteiger partial charge on any atom is -0.493 e. The predicted molar refractivity (Wildman–Crippen MR) is 116 cm³/mol. The molecule has 2 aromatic carbocycles. The molecule has 31 heavy (non-hydrogen) atoms. The lowest BCUT2D eigenvalue weighted by molar-refractivity contribution is -0.116. The molecule has 1 aromatic heterocycles. The second-order valence-corrected chi connectivity index (χ2v) is 6.85. The number of carbonyl (C=O) groups is 1. The molecule has 1 fully saturated rings. The number of hydrogen-bond donors (Lipinski definition) is 2. The Morgan fingerprint density at radius 3 is 2.26 bits per heavy atom. The minimum atomic E-state index is -0.466. The van der Waals surface area contributed by atoms with Crippen LogP contribution in [-0.2, 0) is 4.79 Å². The first-order valence-electron chi connectivity index (χ1n) is 9.60. The topological polar surface area (TPSA) is 90.9 Å². The monoisotopic (exact) mass is 421 g/mol. The smallest absolute Gasteiger partial charge is 0.269 e. The van der Waals surface area contributed by atoms with Gasteiger partial charge in [0.2, 0.25) is 11.6 Å². The summed E-state index contributed by atoms with van der Waals surface area (Å²) in [5, 5.41) is 7.09. The molecule has 1 unspecified atom stereocenters. The van der Waals surface area contributed by atoms with E-state index in [9.17, 15) is 4.79 Å². The summed E-state index contributed by atoms with van der Waals surface area (Å²) < 4.78 is 21.6. The van der Waals surface area contributed by atoms with E-state index >= 15 is 0 Å². The molecule has 3 aromatic rings. The molecule has 4 rings (SSSR count). The van der Waals surface area contributed by atoms with Crippen LogP contribution in [0.5, 0.6) is 23.1 Å². The lowest BCUT2D eigenvalue weighted by Gasteiger charge is -2.17. The molecule has 1 atom stereocenters. The Kier molecular flexibility index (Phi) is 5.53. The molecule has 0 saturated carbocycles. The minimum absolute atomic E-state index is 0.242. The zero-order valence-electron chi connectivity index (χ0n) is 17.7. The first-order chi connectivity index (χ1) is 15.1. The van der Waals surface area contributed by atoms with Crippen molar-refractivity contribution in [1.29, 1.82) is 0 Å². The largest absolute Gasteiger partial charge is 0.493 e. The summed E-state index contributed by atoms with van der Waals surface area (Å²) in [6.45, 7) is 0. The van der Waals surface area contributed by atoms with Gasteiger partial charge in [-0.2, -0.15) is 0 Å².